The number of methoxy groups -OCH3 is 1. The van der Waals surface area contributed by atoms with Crippen LogP contribution in [0.2, 0.25) is 0 Å². The molecule has 0 amide bonds. The van der Waals surface area contributed by atoms with Gasteiger partial charge in [-0.25, -0.2) is 13.2 Å². The Morgan fingerprint density at radius 2 is 1.56 bits per heavy atom. The minimum absolute atomic E-state index is 0.139. The van der Waals surface area contributed by atoms with Crippen molar-refractivity contribution in [3.05, 3.63) is 102 Å². The Kier molecular flexibility index (Phi) is 7.46. The summed E-state index contributed by atoms with van der Waals surface area (Å²) in [5, 5.41) is 0. The van der Waals surface area contributed by atoms with Gasteiger partial charge in [-0.15, -0.1) is 6.42 Å². The van der Waals surface area contributed by atoms with Crippen molar-refractivity contribution in [1.29, 1.82) is 0 Å². The summed E-state index contributed by atoms with van der Waals surface area (Å²) in [5.74, 6) is 8.08. The maximum atomic E-state index is 13.4. The number of nitrogens with zero attached hydrogens (tertiary/aromatic N) is 1. The number of ether oxygens (including phenoxy) is 1. The van der Waals surface area contributed by atoms with E-state index in [9.17, 15) is 13.2 Å². The summed E-state index contributed by atoms with van der Waals surface area (Å²) in [6.07, 6.45) is 5.54. The Bertz CT molecular complexity index is 1270. The van der Waals surface area contributed by atoms with Gasteiger partial charge in [-0.3, -0.25) is 0 Å². The van der Waals surface area contributed by atoms with Crippen molar-refractivity contribution in [2.75, 3.05) is 13.7 Å². The predicted molar refractivity (Wildman–Crippen MR) is 123 cm³/mol. The van der Waals surface area contributed by atoms with Crippen molar-refractivity contribution in [3.63, 3.8) is 0 Å². The quantitative estimate of drug-likeness (QED) is 0.428. The van der Waals surface area contributed by atoms with Gasteiger partial charge in [0.25, 0.3) is 0 Å². The van der Waals surface area contributed by atoms with Crippen LogP contribution in [0.5, 0.6) is 0 Å². The average molecular weight is 444 g/mol. The van der Waals surface area contributed by atoms with Gasteiger partial charge in [0.1, 0.15) is 6.04 Å². The van der Waals surface area contributed by atoms with Gasteiger partial charge in [0.05, 0.1) is 24.1 Å². The summed E-state index contributed by atoms with van der Waals surface area (Å²) in [4.78, 5) is 11.8. The zero-order chi connectivity index (χ0) is 23.0. The van der Waals surface area contributed by atoms with E-state index in [-0.39, 0.29) is 11.4 Å². The first kappa shape index (κ1) is 22.8. The van der Waals surface area contributed by atoms with Crippen molar-refractivity contribution >= 4 is 16.0 Å². The Labute approximate surface area is 188 Å². The molecule has 0 aliphatic heterocycles. The van der Waals surface area contributed by atoms with Crippen LogP contribution in [0.1, 0.15) is 27.5 Å². The SMILES string of the molecule is C#CCN(C(C#Cc1ccc(C(=O)OC)cc1)c1ccccc1)S(=O)(=O)c1ccccc1. The predicted octanol–water partition coefficient (Wildman–Crippen LogP) is 3.89. The van der Waals surface area contributed by atoms with Crippen molar-refractivity contribution in [3.8, 4) is 24.2 Å². The van der Waals surface area contributed by atoms with Gasteiger partial charge in [-0.1, -0.05) is 66.3 Å². The molecule has 0 bridgehead atoms. The van der Waals surface area contributed by atoms with E-state index < -0.39 is 22.0 Å². The first-order valence-electron chi connectivity index (χ1n) is 9.72. The molecule has 0 aromatic heterocycles. The van der Waals surface area contributed by atoms with Crippen LogP contribution in [-0.4, -0.2) is 32.3 Å². The zero-order valence-corrected chi connectivity index (χ0v) is 18.2. The number of esters is 1. The monoisotopic (exact) mass is 443 g/mol. The van der Waals surface area contributed by atoms with E-state index in [1.807, 2.05) is 30.3 Å². The second kappa shape index (κ2) is 10.5. The number of carbonyl (C=O) groups is 1. The Hall–Kier alpha value is -3.84. The fraction of sp³-hybridized carbons (Fsp3) is 0.115. The van der Waals surface area contributed by atoms with Crippen LogP contribution >= 0.6 is 0 Å². The van der Waals surface area contributed by atoms with Crippen molar-refractivity contribution in [2.24, 2.45) is 0 Å². The standard InChI is InChI=1S/C26H21NO4S/c1-3-20-27(32(29,30)24-12-8-5-9-13-24)25(22-10-6-4-7-11-22)19-16-21-14-17-23(18-15-21)26(28)31-2/h1,4-15,17-18,25H,20H2,2H3. The van der Waals surface area contributed by atoms with E-state index in [0.717, 1.165) is 0 Å². The lowest BCUT2D eigenvalue weighted by Crippen LogP contribution is -2.34. The van der Waals surface area contributed by atoms with E-state index in [1.165, 1.54) is 23.5 Å². The van der Waals surface area contributed by atoms with Gasteiger partial charge >= 0.3 is 5.97 Å². The van der Waals surface area contributed by atoms with Crippen LogP contribution in [0.4, 0.5) is 0 Å². The van der Waals surface area contributed by atoms with Gasteiger partial charge in [-0.05, 0) is 42.0 Å². The molecule has 1 atom stereocenters. The molecular weight excluding hydrogens is 422 g/mol. The topological polar surface area (TPSA) is 63.7 Å². The van der Waals surface area contributed by atoms with E-state index in [1.54, 1.807) is 42.5 Å². The number of terminal acetylenes is 1. The lowest BCUT2D eigenvalue weighted by molar-refractivity contribution is 0.0600. The first-order valence-corrected chi connectivity index (χ1v) is 11.2. The van der Waals surface area contributed by atoms with Crippen LogP contribution in [0, 0.1) is 24.2 Å². The van der Waals surface area contributed by atoms with Gasteiger partial charge in [0.15, 0.2) is 0 Å². The summed E-state index contributed by atoms with van der Waals surface area (Å²) in [7, 11) is -2.60. The smallest absolute Gasteiger partial charge is 0.337 e. The largest absolute Gasteiger partial charge is 0.465 e. The summed E-state index contributed by atoms with van der Waals surface area (Å²) in [6, 6.07) is 23.0. The summed E-state index contributed by atoms with van der Waals surface area (Å²) in [6.45, 7) is -0.146. The minimum Gasteiger partial charge on any atom is -0.465 e. The third-order valence-electron chi connectivity index (χ3n) is 4.66. The second-order valence-electron chi connectivity index (χ2n) is 6.72. The average Bonchev–Trinajstić information content (AvgIpc) is 2.84. The zero-order valence-electron chi connectivity index (χ0n) is 17.4. The van der Waals surface area contributed by atoms with Gasteiger partial charge < -0.3 is 4.74 Å². The van der Waals surface area contributed by atoms with E-state index in [4.69, 9.17) is 11.2 Å². The van der Waals surface area contributed by atoms with Gasteiger partial charge in [0.2, 0.25) is 10.0 Å². The molecule has 3 aromatic rings. The van der Waals surface area contributed by atoms with Crippen molar-refractivity contribution < 1.29 is 17.9 Å². The minimum atomic E-state index is -3.91. The Morgan fingerprint density at radius 3 is 2.12 bits per heavy atom. The normalized spacial score (nSPS) is 11.7. The van der Waals surface area contributed by atoms with Crippen LogP contribution in [0.15, 0.2) is 89.8 Å². The fourth-order valence-electron chi connectivity index (χ4n) is 3.05. The van der Waals surface area contributed by atoms with E-state index in [0.29, 0.717) is 16.7 Å². The number of benzene rings is 3. The molecule has 160 valence electrons. The summed E-state index contributed by atoms with van der Waals surface area (Å²) < 4.78 is 32.7. The fourth-order valence-corrected chi connectivity index (χ4v) is 4.52. The highest BCUT2D eigenvalue weighted by Gasteiger charge is 2.31. The molecule has 0 saturated heterocycles. The summed E-state index contributed by atoms with van der Waals surface area (Å²) >= 11 is 0. The molecule has 0 aliphatic carbocycles. The molecule has 0 saturated carbocycles. The highest BCUT2D eigenvalue weighted by Crippen LogP contribution is 2.27. The number of carbonyl (C=O) groups excluding carboxylic acids is 1. The highest BCUT2D eigenvalue weighted by atomic mass is 32.2. The third kappa shape index (κ3) is 5.25. The number of rotatable bonds is 6. The first-order chi connectivity index (χ1) is 15.5. The number of hydrogen-bond donors (Lipinski definition) is 0. The molecule has 6 heteroatoms. The van der Waals surface area contributed by atoms with Crippen molar-refractivity contribution in [1.82, 2.24) is 4.31 Å². The van der Waals surface area contributed by atoms with Crippen LogP contribution < -0.4 is 0 Å². The maximum Gasteiger partial charge on any atom is 0.337 e. The molecule has 0 aliphatic rings. The molecule has 3 aromatic carbocycles. The van der Waals surface area contributed by atoms with Crippen LogP contribution in [-0.2, 0) is 14.8 Å². The Balaban J connectivity index is 2.06. The molecule has 32 heavy (non-hydrogen) atoms. The number of sulfonamides is 1. The van der Waals surface area contributed by atoms with Gasteiger partial charge in [0, 0.05) is 5.56 Å². The number of hydrogen-bond acceptors (Lipinski definition) is 4. The Morgan fingerprint density at radius 1 is 0.969 bits per heavy atom. The lowest BCUT2D eigenvalue weighted by Gasteiger charge is -2.26. The molecule has 0 spiro atoms. The molecule has 0 radical (unpaired) electrons. The molecule has 1 unspecified atom stereocenters. The van der Waals surface area contributed by atoms with Crippen LogP contribution in [0.25, 0.3) is 0 Å². The van der Waals surface area contributed by atoms with Crippen molar-refractivity contribution in [2.45, 2.75) is 10.9 Å². The van der Waals surface area contributed by atoms with E-state index >= 15 is 0 Å². The third-order valence-corrected chi connectivity index (χ3v) is 6.48. The molecule has 3 rings (SSSR count). The molecule has 5 nitrogen and oxygen atoms in total. The maximum absolute atomic E-state index is 13.4. The lowest BCUT2D eigenvalue weighted by atomic mass is 10.1. The van der Waals surface area contributed by atoms with E-state index in [2.05, 4.69) is 17.8 Å². The molecule has 0 N–H and O–H groups in total. The highest BCUT2D eigenvalue weighted by molar-refractivity contribution is 7.89. The molecule has 0 heterocycles. The molecular formula is C26H21NO4S. The summed E-state index contributed by atoms with van der Waals surface area (Å²) in [5.41, 5.74) is 1.72. The molecule has 0 fully saturated rings. The second-order valence-corrected chi connectivity index (χ2v) is 8.61. The van der Waals surface area contributed by atoms with Gasteiger partial charge in [-0.2, -0.15) is 4.31 Å². The van der Waals surface area contributed by atoms with Crippen LogP contribution in [0.3, 0.4) is 0 Å².